The molecule has 0 radical (unpaired) electrons. The van der Waals surface area contributed by atoms with E-state index in [-0.39, 0.29) is 25.6 Å². The Morgan fingerprint density at radius 2 is 1.08 bits per heavy atom. The number of rotatable bonds is 35. The van der Waals surface area contributed by atoms with E-state index in [0.717, 1.165) is 51.4 Å². The number of aliphatic hydroxyl groups excluding tert-OH is 1. The largest absolute Gasteiger partial charge is 0.469 e. The van der Waals surface area contributed by atoms with E-state index < -0.39 is 32.5 Å². The van der Waals surface area contributed by atoms with Crippen LogP contribution in [0.15, 0.2) is 85.1 Å². The van der Waals surface area contributed by atoms with Gasteiger partial charge in [-0.05, 0) is 77.0 Å². The van der Waals surface area contributed by atoms with E-state index in [9.17, 15) is 19.3 Å². The molecule has 0 heterocycles. The molecule has 53 heavy (non-hydrogen) atoms. The number of phosphoric ester groups is 1. The second kappa shape index (κ2) is 37.5. The maximum absolute atomic E-state index is 12.4. The highest BCUT2D eigenvalue weighted by Crippen LogP contribution is 2.36. The number of hydrogen-bond acceptors (Lipinski definition) is 7. The van der Waals surface area contributed by atoms with E-state index in [4.69, 9.17) is 19.3 Å². The summed E-state index contributed by atoms with van der Waals surface area (Å²) in [5.74, 6) is -0.989. The third-order valence-corrected chi connectivity index (χ3v) is 8.54. The van der Waals surface area contributed by atoms with Crippen LogP contribution in [0.3, 0.4) is 0 Å². The number of phosphoric acid groups is 1. The molecule has 0 saturated carbocycles. The van der Waals surface area contributed by atoms with Crippen LogP contribution in [0.25, 0.3) is 0 Å². The monoisotopic (exact) mass is 762 g/mol. The highest BCUT2D eigenvalue weighted by atomic mass is 31.2. The van der Waals surface area contributed by atoms with Gasteiger partial charge in [-0.15, -0.1) is 0 Å². The molecule has 3 N–H and O–H groups in total. The molecule has 0 aliphatic heterocycles. The predicted molar refractivity (Wildman–Crippen MR) is 217 cm³/mol. The summed E-state index contributed by atoms with van der Waals surface area (Å²) in [7, 11) is -4.78. The van der Waals surface area contributed by atoms with E-state index in [1.165, 1.54) is 44.9 Å². The van der Waals surface area contributed by atoms with Gasteiger partial charge in [-0.25, -0.2) is 4.57 Å². The summed E-state index contributed by atoms with van der Waals surface area (Å²) in [5, 5.41) is 9.45. The molecule has 0 spiro atoms. The van der Waals surface area contributed by atoms with Crippen LogP contribution in [0.5, 0.6) is 0 Å². The molecular formula is C43H71O9P. The van der Waals surface area contributed by atoms with E-state index in [2.05, 4.69) is 60.1 Å². The minimum atomic E-state index is -4.78. The van der Waals surface area contributed by atoms with E-state index in [0.29, 0.717) is 25.7 Å². The lowest BCUT2D eigenvalue weighted by Gasteiger charge is -2.18. The molecule has 0 fully saturated rings. The Kier molecular flexibility index (Phi) is 35.5. The average Bonchev–Trinajstić information content (AvgIpc) is 3.13. The van der Waals surface area contributed by atoms with Gasteiger partial charge >= 0.3 is 19.8 Å². The summed E-state index contributed by atoms with van der Waals surface area (Å²) in [6.45, 7) is 3.26. The zero-order valence-corrected chi connectivity index (χ0v) is 33.6. The molecule has 9 nitrogen and oxygen atoms in total. The van der Waals surface area contributed by atoms with Gasteiger partial charge in [0, 0.05) is 12.8 Å². The summed E-state index contributed by atoms with van der Waals surface area (Å²) in [4.78, 5) is 42.8. The first-order chi connectivity index (χ1) is 25.7. The first-order valence-electron chi connectivity index (χ1n) is 20.0. The Morgan fingerprint density at radius 1 is 0.585 bits per heavy atom. The summed E-state index contributed by atoms with van der Waals surface area (Å²) in [6.07, 6.45) is 46.8. The van der Waals surface area contributed by atoms with Gasteiger partial charge in [-0.2, -0.15) is 0 Å². The molecule has 2 atom stereocenters. The Labute approximate surface area is 321 Å². The van der Waals surface area contributed by atoms with Crippen molar-refractivity contribution in [1.29, 1.82) is 0 Å². The Morgan fingerprint density at radius 3 is 1.64 bits per heavy atom. The van der Waals surface area contributed by atoms with E-state index >= 15 is 0 Å². The fourth-order valence-corrected chi connectivity index (χ4v) is 5.28. The van der Waals surface area contributed by atoms with Crippen LogP contribution in [0.2, 0.25) is 0 Å². The molecule has 10 heteroatoms. The topological polar surface area (TPSA) is 140 Å². The smallest absolute Gasteiger partial charge is 0.462 e. The fourth-order valence-electron chi connectivity index (χ4n) is 4.92. The van der Waals surface area contributed by atoms with Crippen LogP contribution in [0.1, 0.15) is 149 Å². The van der Waals surface area contributed by atoms with Crippen molar-refractivity contribution < 1.29 is 43.0 Å². The second-order valence-electron chi connectivity index (χ2n) is 13.1. The molecule has 0 saturated heterocycles. The molecule has 0 bridgehead atoms. The van der Waals surface area contributed by atoms with Gasteiger partial charge in [0.1, 0.15) is 6.61 Å². The van der Waals surface area contributed by atoms with Crippen molar-refractivity contribution in [3.05, 3.63) is 85.1 Å². The lowest BCUT2D eigenvalue weighted by molar-refractivity contribution is -0.161. The Hall–Kier alpha value is -2.81. The van der Waals surface area contributed by atoms with Crippen LogP contribution in [0.4, 0.5) is 0 Å². The van der Waals surface area contributed by atoms with Crippen LogP contribution < -0.4 is 0 Å². The normalized spacial score (nSPS) is 14.0. The summed E-state index contributed by atoms with van der Waals surface area (Å²) >= 11 is 0. The zero-order valence-electron chi connectivity index (χ0n) is 32.7. The van der Waals surface area contributed by atoms with Gasteiger partial charge in [0.2, 0.25) is 0 Å². The van der Waals surface area contributed by atoms with Crippen molar-refractivity contribution >= 4 is 19.8 Å². The third-order valence-electron chi connectivity index (χ3n) is 8.06. The number of unbranched alkanes of at least 4 members (excludes halogenated alkanes) is 11. The number of ether oxygens (including phenoxy) is 2. The minimum Gasteiger partial charge on any atom is -0.462 e. The highest BCUT2D eigenvalue weighted by Gasteiger charge is 2.22. The molecule has 0 aliphatic rings. The average molecular weight is 763 g/mol. The van der Waals surface area contributed by atoms with Crippen molar-refractivity contribution in [2.75, 3.05) is 13.2 Å². The summed E-state index contributed by atoms with van der Waals surface area (Å²) in [6, 6.07) is 0. The Balaban J connectivity index is 4.10. The number of aliphatic hydroxyl groups is 1. The lowest BCUT2D eigenvalue weighted by atomic mass is 10.1. The summed E-state index contributed by atoms with van der Waals surface area (Å²) in [5.41, 5.74) is 0. The molecule has 0 aromatic heterocycles. The number of hydrogen-bond donors (Lipinski definition) is 3. The molecule has 302 valence electrons. The van der Waals surface area contributed by atoms with E-state index in [1.807, 2.05) is 37.3 Å². The maximum atomic E-state index is 12.4. The van der Waals surface area contributed by atoms with Gasteiger partial charge in [0.25, 0.3) is 0 Å². The van der Waals surface area contributed by atoms with Crippen LogP contribution >= 0.6 is 7.82 Å². The van der Waals surface area contributed by atoms with Gasteiger partial charge in [0.15, 0.2) is 6.10 Å². The first-order valence-corrected chi connectivity index (χ1v) is 21.5. The molecular weight excluding hydrogens is 691 g/mol. The first kappa shape index (κ1) is 50.2. The van der Waals surface area contributed by atoms with Crippen LogP contribution in [0, 0.1) is 0 Å². The molecule has 0 rings (SSSR count). The number of allylic oxidation sites excluding steroid dienone is 13. The molecule has 0 aliphatic carbocycles. The van der Waals surface area contributed by atoms with Crippen molar-refractivity contribution in [1.82, 2.24) is 0 Å². The van der Waals surface area contributed by atoms with Crippen LogP contribution in [-0.4, -0.2) is 52.3 Å². The number of carbonyl (C=O) groups excluding carboxylic acids is 2. The molecule has 0 unspecified atom stereocenters. The van der Waals surface area contributed by atoms with E-state index in [1.54, 1.807) is 6.08 Å². The van der Waals surface area contributed by atoms with Crippen molar-refractivity contribution in [3.63, 3.8) is 0 Å². The number of esters is 2. The second-order valence-corrected chi connectivity index (χ2v) is 14.3. The zero-order chi connectivity index (χ0) is 39.1. The quantitative estimate of drug-likeness (QED) is 0.0189. The predicted octanol–water partition coefficient (Wildman–Crippen LogP) is 11.0. The maximum Gasteiger partial charge on any atom is 0.469 e. The van der Waals surface area contributed by atoms with Gasteiger partial charge in [-0.1, -0.05) is 144 Å². The standard InChI is InChI=1S/C43H71O9P/c1-3-5-6-7-8-9-10-11-12-13-14-18-21-24-27-30-33-36-42(45)50-38-41(39-51-53(47,48)49)52-43(46)37-34-31-28-25-22-19-16-15-17-20-23-26-29-32-35-40(44)4-2/h8-9,11-12,16-17,19-20,25-26,28-29,32,35,40-41,44H,3-7,10,13-15,18,21-24,27,30-31,33-34,36-39H2,1-2H3,(H2,47,48,49)/b9-8-,12-11-,19-16-,20-17-,28-25-,29-26-,35-32+/t40-,41-/m1/s1. The molecule has 0 aromatic rings. The van der Waals surface area contributed by atoms with Gasteiger partial charge in [-0.3, -0.25) is 14.1 Å². The van der Waals surface area contributed by atoms with Gasteiger partial charge in [0.05, 0.1) is 12.7 Å². The molecule has 0 amide bonds. The highest BCUT2D eigenvalue weighted by molar-refractivity contribution is 7.46. The molecule has 0 aromatic carbocycles. The van der Waals surface area contributed by atoms with Crippen molar-refractivity contribution in [2.24, 2.45) is 0 Å². The van der Waals surface area contributed by atoms with Gasteiger partial charge < -0.3 is 24.4 Å². The Bertz CT molecular complexity index is 1150. The summed E-state index contributed by atoms with van der Waals surface area (Å²) < 4.78 is 26.3. The van der Waals surface area contributed by atoms with Crippen LogP contribution in [-0.2, 0) is 28.2 Å². The SMILES string of the molecule is CCCCC/C=C\C/C=C\CCCCCCCCCC(=O)OC[C@H](COP(=O)(O)O)OC(=O)CCC/C=C\C/C=C\C/C=C\C/C=C\C=C\[C@H](O)CC. The fraction of sp³-hybridized carbons (Fsp3) is 0.628. The minimum absolute atomic E-state index is 0.113. The third kappa shape index (κ3) is 40.2. The van der Waals surface area contributed by atoms with Crippen molar-refractivity contribution in [2.45, 2.75) is 161 Å². The van der Waals surface area contributed by atoms with Crippen molar-refractivity contribution in [3.8, 4) is 0 Å². The number of carbonyl (C=O) groups is 2. The lowest BCUT2D eigenvalue weighted by Crippen LogP contribution is -2.29.